The fourth-order valence-electron chi connectivity index (χ4n) is 3.09. The van der Waals surface area contributed by atoms with Gasteiger partial charge in [0.05, 0.1) is 13.2 Å². The van der Waals surface area contributed by atoms with Gasteiger partial charge >= 0.3 is 17.8 Å². The summed E-state index contributed by atoms with van der Waals surface area (Å²) in [5, 5.41) is 2.56. The zero-order chi connectivity index (χ0) is 21.0. The molecule has 1 aliphatic heterocycles. The van der Waals surface area contributed by atoms with E-state index in [0.29, 0.717) is 12.1 Å². The molecule has 1 saturated heterocycles. The molecule has 1 aliphatic rings. The van der Waals surface area contributed by atoms with E-state index in [1.165, 1.54) is 0 Å². The topological polar surface area (TPSA) is 90.0 Å². The van der Waals surface area contributed by atoms with Gasteiger partial charge in [0.1, 0.15) is 0 Å². The minimum Gasteiger partial charge on any atom is -0.355 e. The molecule has 29 heavy (non-hydrogen) atoms. The average molecular weight is 394 g/mol. The zero-order valence-electron chi connectivity index (χ0n) is 16.3. The number of hydrogen-bond acceptors (Lipinski definition) is 5. The molecule has 0 saturated carbocycles. The van der Waals surface area contributed by atoms with Crippen molar-refractivity contribution in [1.29, 1.82) is 0 Å². The molecule has 8 nitrogen and oxygen atoms in total. The van der Waals surface area contributed by atoms with Gasteiger partial charge in [0.2, 0.25) is 0 Å². The molecule has 8 heteroatoms. The van der Waals surface area contributed by atoms with Gasteiger partial charge in [-0.2, -0.15) is 0 Å². The molecule has 0 aromatic heterocycles. The second-order valence-corrected chi connectivity index (χ2v) is 6.82. The second-order valence-electron chi connectivity index (χ2n) is 6.82. The van der Waals surface area contributed by atoms with Crippen LogP contribution in [0.1, 0.15) is 21.5 Å². The maximum atomic E-state index is 12.6. The molecule has 2 aromatic carbocycles. The third-order valence-electron chi connectivity index (χ3n) is 4.60. The number of benzene rings is 2. The van der Waals surface area contributed by atoms with Crippen LogP contribution < -0.4 is 5.32 Å². The molecule has 3 rings (SSSR count). The minimum atomic E-state index is -0.826. The monoisotopic (exact) mass is 394 g/mol. The van der Waals surface area contributed by atoms with E-state index in [0.717, 1.165) is 20.9 Å². The molecule has 0 atom stereocenters. The highest BCUT2D eigenvalue weighted by Crippen LogP contribution is 2.17. The van der Waals surface area contributed by atoms with E-state index < -0.39 is 17.8 Å². The van der Waals surface area contributed by atoms with Crippen LogP contribution in [0.2, 0.25) is 0 Å². The Balaban J connectivity index is 1.63. The molecule has 0 radical (unpaired) electrons. The Labute approximate surface area is 168 Å². The van der Waals surface area contributed by atoms with Crippen molar-refractivity contribution in [2.45, 2.75) is 13.1 Å². The van der Waals surface area contributed by atoms with E-state index >= 15 is 0 Å². The first-order chi connectivity index (χ1) is 13.9. The maximum Gasteiger partial charge on any atom is 0.335 e. The van der Waals surface area contributed by atoms with Crippen molar-refractivity contribution in [2.75, 3.05) is 20.8 Å². The van der Waals surface area contributed by atoms with E-state index in [1.54, 1.807) is 43.3 Å². The van der Waals surface area contributed by atoms with Crippen LogP contribution in [0.4, 0.5) is 4.79 Å². The highest BCUT2D eigenvalue weighted by molar-refractivity contribution is 6.44. The van der Waals surface area contributed by atoms with Crippen molar-refractivity contribution in [2.24, 2.45) is 0 Å². The Kier molecular flexibility index (Phi) is 6.04. The summed E-state index contributed by atoms with van der Waals surface area (Å²) in [6.07, 6.45) is 0. The van der Waals surface area contributed by atoms with Crippen LogP contribution in [0.5, 0.6) is 0 Å². The lowest BCUT2D eigenvalue weighted by atomic mass is 10.1. The van der Waals surface area contributed by atoms with Crippen LogP contribution in [0.25, 0.3) is 0 Å². The first-order valence-corrected chi connectivity index (χ1v) is 9.11. The fourth-order valence-corrected chi connectivity index (χ4v) is 3.09. The summed E-state index contributed by atoms with van der Waals surface area (Å²) >= 11 is 0. The quantitative estimate of drug-likeness (QED) is 0.567. The standard InChI is InChI=1S/C21H22N4O4/c1-22-18(26)17-10-8-16(9-11-17)12-23(2)14-25-20(28)19(27)24(21(25)29)13-15-6-4-3-5-7-15/h3-11H,12-14H2,1-2H3,(H,22,26). The van der Waals surface area contributed by atoms with Crippen LogP contribution in [0.15, 0.2) is 54.6 Å². The number of rotatable bonds is 7. The summed E-state index contributed by atoms with van der Waals surface area (Å²) in [5.74, 6) is -1.81. The van der Waals surface area contributed by atoms with Gasteiger partial charge in [-0.1, -0.05) is 42.5 Å². The number of nitrogens with zero attached hydrogens (tertiary/aromatic N) is 3. The van der Waals surface area contributed by atoms with Gasteiger partial charge in [0.15, 0.2) is 0 Å². The van der Waals surface area contributed by atoms with Crippen LogP contribution in [-0.4, -0.2) is 59.2 Å². The molecule has 1 N–H and O–H groups in total. The van der Waals surface area contributed by atoms with Crippen LogP contribution in [0.3, 0.4) is 0 Å². The van der Waals surface area contributed by atoms with E-state index in [-0.39, 0.29) is 19.1 Å². The number of nitrogens with one attached hydrogen (secondary N) is 1. The van der Waals surface area contributed by atoms with Crippen molar-refractivity contribution in [1.82, 2.24) is 20.0 Å². The SMILES string of the molecule is CNC(=O)c1ccc(CN(C)CN2C(=O)C(=O)N(Cc3ccccc3)C2=O)cc1. The Morgan fingerprint density at radius 2 is 1.52 bits per heavy atom. The van der Waals surface area contributed by atoms with Gasteiger partial charge in [-0.15, -0.1) is 0 Å². The van der Waals surface area contributed by atoms with E-state index in [9.17, 15) is 19.2 Å². The minimum absolute atomic E-state index is 0.00804. The number of hydrogen-bond donors (Lipinski definition) is 1. The highest BCUT2D eigenvalue weighted by Gasteiger charge is 2.44. The number of amides is 5. The molecular formula is C21H22N4O4. The van der Waals surface area contributed by atoms with Crippen molar-refractivity contribution >= 4 is 23.8 Å². The van der Waals surface area contributed by atoms with Crippen LogP contribution in [-0.2, 0) is 22.7 Å². The predicted octanol–water partition coefficient (Wildman–Crippen LogP) is 1.43. The van der Waals surface area contributed by atoms with E-state index in [4.69, 9.17) is 0 Å². The van der Waals surface area contributed by atoms with Crippen molar-refractivity contribution in [3.63, 3.8) is 0 Å². The van der Waals surface area contributed by atoms with Crippen molar-refractivity contribution in [3.05, 3.63) is 71.3 Å². The summed E-state index contributed by atoms with van der Waals surface area (Å²) in [7, 11) is 3.31. The third-order valence-corrected chi connectivity index (χ3v) is 4.60. The molecule has 1 heterocycles. The first kappa shape index (κ1) is 20.2. The average Bonchev–Trinajstić information content (AvgIpc) is 2.92. The van der Waals surface area contributed by atoms with Gasteiger partial charge in [-0.05, 0) is 30.3 Å². The molecule has 0 spiro atoms. The first-order valence-electron chi connectivity index (χ1n) is 9.11. The number of carbonyl (C=O) groups is 4. The molecular weight excluding hydrogens is 372 g/mol. The maximum absolute atomic E-state index is 12.6. The molecule has 0 aliphatic carbocycles. The molecule has 0 unspecified atom stereocenters. The lowest BCUT2D eigenvalue weighted by molar-refractivity contribution is -0.144. The van der Waals surface area contributed by atoms with E-state index in [2.05, 4.69) is 5.32 Å². The van der Waals surface area contributed by atoms with Gasteiger partial charge < -0.3 is 5.32 Å². The normalized spacial score (nSPS) is 14.1. The molecule has 0 bridgehead atoms. The smallest absolute Gasteiger partial charge is 0.335 e. The predicted molar refractivity (Wildman–Crippen MR) is 105 cm³/mol. The summed E-state index contributed by atoms with van der Waals surface area (Å²) in [6.45, 7) is 0.495. The molecule has 5 amide bonds. The number of urea groups is 1. The molecule has 2 aromatic rings. The largest absolute Gasteiger partial charge is 0.355 e. The summed E-state index contributed by atoms with van der Waals surface area (Å²) < 4.78 is 0. The zero-order valence-corrected chi connectivity index (χ0v) is 16.3. The third kappa shape index (κ3) is 4.49. The number of imide groups is 2. The number of carbonyl (C=O) groups excluding carboxylic acids is 4. The van der Waals surface area contributed by atoms with Crippen molar-refractivity contribution < 1.29 is 19.2 Å². The Morgan fingerprint density at radius 3 is 2.14 bits per heavy atom. The van der Waals surface area contributed by atoms with Gasteiger partial charge in [0, 0.05) is 19.2 Å². The molecule has 1 fully saturated rings. The van der Waals surface area contributed by atoms with Crippen molar-refractivity contribution in [3.8, 4) is 0 Å². The van der Waals surface area contributed by atoms with Gasteiger partial charge in [0.25, 0.3) is 5.91 Å². The molecule has 150 valence electrons. The van der Waals surface area contributed by atoms with Crippen LogP contribution >= 0.6 is 0 Å². The Hall–Kier alpha value is -3.52. The lowest BCUT2D eigenvalue weighted by Crippen LogP contribution is -2.40. The summed E-state index contributed by atoms with van der Waals surface area (Å²) in [5.41, 5.74) is 2.23. The van der Waals surface area contributed by atoms with Gasteiger partial charge in [-0.3, -0.25) is 24.2 Å². The van der Waals surface area contributed by atoms with E-state index in [1.807, 2.05) is 30.3 Å². The highest BCUT2D eigenvalue weighted by atomic mass is 16.2. The Morgan fingerprint density at radius 1 is 0.897 bits per heavy atom. The summed E-state index contributed by atoms with van der Waals surface area (Å²) in [4.78, 5) is 52.4. The Bertz CT molecular complexity index is 927. The second kappa shape index (κ2) is 8.66. The lowest BCUT2D eigenvalue weighted by Gasteiger charge is -2.22. The summed E-state index contributed by atoms with van der Waals surface area (Å²) in [6, 6.07) is 15.5. The van der Waals surface area contributed by atoms with Gasteiger partial charge in [-0.25, -0.2) is 9.69 Å². The van der Waals surface area contributed by atoms with Crippen LogP contribution in [0, 0.1) is 0 Å². The fraction of sp³-hybridized carbons (Fsp3) is 0.238.